The Kier molecular flexibility index (Phi) is 4.23. The van der Waals surface area contributed by atoms with Crippen LogP contribution in [0.5, 0.6) is 0 Å². The summed E-state index contributed by atoms with van der Waals surface area (Å²) in [6.07, 6.45) is -1.49. The standard InChI is InChI=1S/C8H14O5/c1-5-8(2,3)13-7(10)12-6(9)11-4/h5H2,1-4H3. The summed E-state index contributed by atoms with van der Waals surface area (Å²) in [5.74, 6) is 0. The molecule has 0 N–H and O–H groups in total. The Morgan fingerprint density at radius 3 is 2.15 bits per heavy atom. The molecule has 0 heterocycles. The number of carbonyl (C=O) groups is 2. The van der Waals surface area contributed by atoms with Gasteiger partial charge in [-0.05, 0) is 20.3 Å². The van der Waals surface area contributed by atoms with Crippen molar-refractivity contribution in [1.82, 2.24) is 0 Å². The maximum absolute atomic E-state index is 10.8. The predicted octanol–water partition coefficient (Wildman–Crippen LogP) is 2.09. The minimum Gasteiger partial charge on any atom is -0.437 e. The summed E-state index contributed by atoms with van der Waals surface area (Å²) in [5, 5.41) is 0. The van der Waals surface area contributed by atoms with Gasteiger partial charge in [0.15, 0.2) is 0 Å². The van der Waals surface area contributed by atoms with Crippen LogP contribution in [-0.4, -0.2) is 25.0 Å². The van der Waals surface area contributed by atoms with Gasteiger partial charge in [0, 0.05) is 0 Å². The van der Waals surface area contributed by atoms with Crippen molar-refractivity contribution in [3.63, 3.8) is 0 Å². The van der Waals surface area contributed by atoms with Crippen LogP contribution in [0.1, 0.15) is 27.2 Å². The second-order valence-corrected chi connectivity index (χ2v) is 3.02. The minimum atomic E-state index is -1.07. The van der Waals surface area contributed by atoms with Crippen LogP contribution in [0.25, 0.3) is 0 Å². The average molecular weight is 190 g/mol. The van der Waals surface area contributed by atoms with Gasteiger partial charge in [-0.25, -0.2) is 9.59 Å². The predicted molar refractivity (Wildman–Crippen MR) is 44.3 cm³/mol. The van der Waals surface area contributed by atoms with Gasteiger partial charge < -0.3 is 14.2 Å². The van der Waals surface area contributed by atoms with Crippen LogP contribution in [0, 0.1) is 0 Å². The molecule has 0 aliphatic rings. The van der Waals surface area contributed by atoms with E-state index in [4.69, 9.17) is 4.74 Å². The van der Waals surface area contributed by atoms with E-state index in [0.29, 0.717) is 6.42 Å². The van der Waals surface area contributed by atoms with Crippen molar-refractivity contribution in [2.45, 2.75) is 32.8 Å². The molecule has 76 valence electrons. The summed E-state index contributed by atoms with van der Waals surface area (Å²) in [6, 6.07) is 0. The van der Waals surface area contributed by atoms with Crippen molar-refractivity contribution in [3.8, 4) is 0 Å². The van der Waals surface area contributed by atoms with Crippen LogP contribution in [0.15, 0.2) is 0 Å². The fourth-order valence-electron chi connectivity index (χ4n) is 0.428. The zero-order chi connectivity index (χ0) is 10.5. The molecule has 0 amide bonds. The number of ether oxygens (including phenoxy) is 3. The fraction of sp³-hybridized carbons (Fsp3) is 0.750. The van der Waals surface area contributed by atoms with Gasteiger partial charge in [-0.2, -0.15) is 0 Å². The van der Waals surface area contributed by atoms with Gasteiger partial charge in [-0.1, -0.05) is 6.92 Å². The van der Waals surface area contributed by atoms with E-state index in [1.54, 1.807) is 13.8 Å². The second kappa shape index (κ2) is 4.69. The SMILES string of the molecule is CCC(C)(C)OC(=O)OC(=O)OC. The van der Waals surface area contributed by atoms with E-state index in [1.165, 1.54) is 0 Å². The average Bonchev–Trinajstić information content (AvgIpc) is 2.03. The fourth-order valence-corrected chi connectivity index (χ4v) is 0.428. The number of hydrogen-bond acceptors (Lipinski definition) is 5. The van der Waals surface area contributed by atoms with Crippen LogP contribution < -0.4 is 0 Å². The Bertz CT molecular complexity index is 197. The summed E-state index contributed by atoms with van der Waals surface area (Å²) in [6.45, 7) is 5.28. The first-order chi connectivity index (χ1) is 5.91. The molecule has 0 aromatic heterocycles. The second-order valence-electron chi connectivity index (χ2n) is 3.02. The lowest BCUT2D eigenvalue weighted by Gasteiger charge is -2.21. The minimum absolute atomic E-state index is 0.628. The van der Waals surface area contributed by atoms with E-state index < -0.39 is 17.9 Å². The topological polar surface area (TPSA) is 61.8 Å². The van der Waals surface area contributed by atoms with Crippen LogP contribution in [0.4, 0.5) is 9.59 Å². The summed E-state index contributed by atoms with van der Waals surface area (Å²) < 4.78 is 13.0. The Morgan fingerprint density at radius 2 is 1.77 bits per heavy atom. The Hall–Kier alpha value is -1.26. The molecule has 5 heteroatoms. The molecule has 0 aromatic carbocycles. The van der Waals surface area contributed by atoms with Crippen molar-refractivity contribution in [3.05, 3.63) is 0 Å². The van der Waals surface area contributed by atoms with Crippen molar-refractivity contribution in [2.75, 3.05) is 7.11 Å². The highest BCUT2D eigenvalue weighted by Crippen LogP contribution is 2.14. The first-order valence-corrected chi connectivity index (χ1v) is 3.90. The summed E-state index contributed by atoms with van der Waals surface area (Å²) >= 11 is 0. The summed E-state index contributed by atoms with van der Waals surface area (Å²) in [7, 11) is 1.11. The molecule has 0 unspecified atom stereocenters. The van der Waals surface area contributed by atoms with Crippen molar-refractivity contribution >= 4 is 12.3 Å². The number of rotatable bonds is 2. The van der Waals surface area contributed by atoms with E-state index >= 15 is 0 Å². The molecule has 0 aliphatic carbocycles. The monoisotopic (exact) mass is 190 g/mol. The van der Waals surface area contributed by atoms with Crippen LogP contribution in [0.3, 0.4) is 0 Å². The quantitative estimate of drug-likeness (QED) is 0.492. The molecular weight excluding hydrogens is 176 g/mol. The molecule has 0 rings (SSSR count). The highest BCUT2D eigenvalue weighted by molar-refractivity contribution is 5.76. The molecule has 0 saturated carbocycles. The lowest BCUT2D eigenvalue weighted by molar-refractivity contribution is -0.0139. The van der Waals surface area contributed by atoms with E-state index in [2.05, 4.69) is 9.47 Å². The van der Waals surface area contributed by atoms with Gasteiger partial charge in [0.2, 0.25) is 0 Å². The lowest BCUT2D eigenvalue weighted by Crippen LogP contribution is -2.28. The van der Waals surface area contributed by atoms with E-state index in [0.717, 1.165) is 7.11 Å². The number of carbonyl (C=O) groups excluding carboxylic acids is 2. The first-order valence-electron chi connectivity index (χ1n) is 3.90. The number of methoxy groups -OCH3 is 1. The normalized spacial score (nSPS) is 10.5. The van der Waals surface area contributed by atoms with E-state index in [-0.39, 0.29) is 0 Å². The van der Waals surface area contributed by atoms with Crippen molar-refractivity contribution in [2.24, 2.45) is 0 Å². The largest absolute Gasteiger partial charge is 0.519 e. The summed E-state index contributed by atoms with van der Waals surface area (Å²) in [5.41, 5.74) is -0.634. The molecule has 0 saturated heterocycles. The molecule has 0 radical (unpaired) electrons. The molecule has 0 fully saturated rings. The van der Waals surface area contributed by atoms with Crippen LogP contribution in [-0.2, 0) is 14.2 Å². The maximum atomic E-state index is 10.8. The third kappa shape index (κ3) is 5.05. The highest BCUT2D eigenvalue weighted by atomic mass is 16.8. The Morgan fingerprint density at radius 1 is 1.23 bits per heavy atom. The Balaban J connectivity index is 3.94. The van der Waals surface area contributed by atoms with Gasteiger partial charge in [-0.3, -0.25) is 0 Å². The first kappa shape index (κ1) is 11.7. The molecular formula is C8H14O5. The number of hydrogen-bond donors (Lipinski definition) is 0. The zero-order valence-corrected chi connectivity index (χ0v) is 8.25. The third-order valence-corrected chi connectivity index (χ3v) is 1.54. The highest BCUT2D eigenvalue weighted by Gasteiger charge is 2.23. The van der Waals surface area contributed by atoms with E-state index in [9.17, 15) is 9.59 Å². The smallest absolute Gasteiger partial charge is 0.437 e. The van der Waals surface area contributed by atoms with Crippen molar-refractivity contribution < 1.29 is 23.8 Å². The molecule has 0 atom stereocenters. The summed E-state index contributed by atoms with van der Waals surface area (Å²) in [4.78, 5) is 21.3. The van der Waals surface area contributed by atoms with E-state index in [1.807, 2.05) is 6.92 Å². The van der Waals surface area contributed by atoms with Crippen LogP contribution >= 0.6 is 0 Å². The molecule has 13 heavy (non-hydrogen) atoms. The maximum Gasteiger partial charge on any atom is 0.519 e. The molecule has 0 spiro atoms. The van der Waals surface area contributed by atoms with Gasteiger partial charge in [0.05, 0.1) is 7.11 Å². The Labute approximate surface area is 77.0 Å². The molecule has 0 aromatic rings. The zero-order valence-electron chi connectivity index (χ0n) is 8.25. The third-order valence-electron chi connectivity index (χ3n) is 1.54. The lowest BCUT2D eigenvalue weighted by atomic mass is 10.1. The van der Waals surface area contributed by atoms with Gasteiger partial charge >= 0.3 is 12.3 Å². The molecule has 0 aliphatic heterocycles. The van der Waals surface area contributed by atoms with Crippen molar-refractivity contribution in [1.29, 1.82) is 0 Å². The molecule has 0 bridgehead atoms. The van der Waals surface area contributed by atoms with Crippen LogP contribution in [0.2, 0.25) is 0 Å². The van der Waals surface area contributed by atoms with Gasteiger partial charge in [0.1, 0.15) is 5.60 Å². The van der Waals surface area contributed by atoms with Gasteiger partial charge in [0.25, 0.3) is 0 Å². The van der Waals surface area contributed by atoms with Gasteiger partial charge in [-0.15, -0.1) is 0 Å². The molecule has 5 nitrogen and oxygen atoms in total.